The Balaban J connectivity index is 2.49. The highest BCUT2D eigenvalue weighted by Crippen LogP contribution is 2.00. The predicted octanol–water partition coefficient (Wildman–Crippen LogP) is 0.531. The van der Waals surface area contributed by atoms with Crippen LogP contribution in [0.4, 0.5) is 5.82 Å². The van der Waals surface area contributed by atoms with Crippen LogP contribution in [-0.2, 0) is 0 Å². The fraction of sp³-hybridized carbons (Fsp3) is 0.444. The summed E-state index contributed by atoms with van der Waals surface area (Å²) in [5, 5.41) is 20.6. The summed E-state index contributed by atoms with van der Waals surface area (Å²) in [6.07, 6.45) is 3.17. The third kappa shape index (κ3) is 2.99. The van der Waals surface area contributed by atoms with Gasteiger partial charge in [-0.3, -0.25) is 0 Å². The van der Waals surface area contributed by atoms with Gasteiger partial charge in [-0.2, -0.15) is 5.26 Å². The smallest absolute Gasteiger partial charge is 0.158 e. The molecule has 1 heterocycles. The summed E-state index contributed by atoms with van der Waals surface area (Å²) >= 11 is 0. The summed E-state index contributed by atoms with van der Waals surface area (Å²) in [7, 11) is 0. The van der Waals surface area contributed by atoms with Crippen molar-refractivity contribution in [2.45, 2.75) is 19.4 Å². The van der Waals surface area contributed by atoms with E-state index in [1.165, 1.54) is 12.4 Å². The molecule has 1 aromatic rings. The van der Waals surface area contributed by atoms with E-state index >= 15 is 0 Å². The zero-order chi connectivity index (χ0) is 10.4. The summed E-state index contributed by atoms with van der Waals surface area (Å²) in [5.74, 6) is 0.566. The van der Waals surface area contributed by atoms with E-state index in [4.69, 9.17) is 5.26 Å². The quantitative estimate of drug-likeness (QED) is 0.727. The van der Waals surface area contributed by atoms with Crippen LogP contribution < -0.4 is 5.32 Å². The lowest BCUT2D eigenvalue weighted by atomic mass is 10.3. The number of nitrogens with one attached hydrogen (secondary N) is 1. The molecule has 1 atom stereocenters. The Morgan fingerprint density at radius 3 is 2.86 bits per heavy atom. The number of hydrogen-bond acceptors (Lipinski definition) is 5. The van der Waals surface area contributed by atoms with E-state index in [2.05, 4.69) is 15.3 Å². The molecule has 5 nitrogen and oxygen atoms in total. The maximum Gasteiger partial charge on any atom is 0.158 e. The van der Waals surface area contributed by atoms with Gasteiger partial charge in [0.2, 0.25) is 0 Å². The normalized spacial score (nSPS) is 11.8. The molecule has 0 fully saturated rings. The zero-order valence-electron chi connectivity index (χ0n) is 7.94. The zero-order valence-corrected chi connectivity index (χ0v) is 7.94. The fourth-order valence-corrected chi connectivity index (χ4v) is 0.844. The molecule has 0 saturated heterocycles. The second-order valence-electron chi connectivity index (χ2n) is 2.84. The second kappa shape index (κ2) is 5.14. The predicted molar refractivity (Wildman–Crippen MR) is 51.5 cm³/mol. The Labute approximate surface area is 82.4 Å². The van der Waals surface area contributed by atoms with Crippen molar-refractivity contribution >= 4 is 5.82 Å². The van der Waals surface area contributed by atoms with Crippen LogP contribution in [0.3, 0.4) is 0 Å². The molecule has 0 bridgehead atoms. The van der Waals surface area contributed by atoms with E-state index in [9.17, 15) is 5.11 Å². The molecule has 0 saturated carbocycles. The molecule has 0 spiro atoms. The topological polar surface area (TPSA) is 81.8 Å². The highest BCUT2D eigenvalue weighted by Gasteiger charge is 2.01. The van der Waals surface area contributed by atoms with Gasteiger partial charge in [-0.15, -0.1) is 0 Å². The molecule has 2 N–H and O–H groups in total. The van der Waals surface area contributed by atoms with Crippen LogP contribution in [0.2, 0.25) is 0 Å². The van der Waals surface area contributed by atoms with Gasteiger partial charge >= 0.3 is 0 Å². The molecule has 14 heavy (non-hydrogen) atoms. The summed E-state index contributed by atoms with van der Waals surface area (Å²) < 4.78 is 0. The van der Waals surface area contributed by atoms with E-state index in [1.54, 1.807) is 0 Å². The Hall–Kier alpha value is -1.67. The molecule has 1 aromatic heterocycles. The second-order valence-corrected chi connectivity index (χ2v) is 2.84. The molecule has 0 aliphatic rings. The van der Waals surface area contributed by atoms with Gasteiger partial charge in [0.25, 0.3) is 0 Å². The van der Waals surface area contributed by atoms with Crippen molar-refractivity contribution < 1.29 is 5.11 Å². The van der Waals surface area contributed by atoms with Crippen LogP contribution in [0, 0.1) is 11.3 Å². The molecule has 0 amide bonds. The van der Waals surface area contributed by atoms with Crippen molar-refractivity contribution in [1.29, 1.82) is 5.26 Å². The van der Waals surface area contributed by atoms with Gasteiger partial charge < -0.3 is 10.4 Å². The summed E-state index contributed by atoms with van der Waals surface area (Å²) in [6.45, 7) is 2.34. The first-order chi connectivity index (χ1) is 6.76. The van der Waals surface area contributed by atoms with E-state index in [0.29, 0.717) is 18.8 Å². The Morgan fingerprint density at radius 1 is 1.57 bits per heavy atom. The standard InChI is InChI=1S/C9H12N4O/c1-2-8(14)5-13-9-6-11-7(3-10)4-12-9/h4,6,8,14H,2,5H2,1H3,(H,12,13). The minimum absolute atomic E-state index is 0.284. The maximum absolute atomic E-state index is 9.26. The van der Waals surface area contributed by atoms with E-state index in [-0.39, 0.29) is 11.8 Å². The first-order valence-corrected chi connectivity index (χ1v) is 4.40. The average molecular weight is 192 g/mol. The number of anilines is 1. The van der Waals surface area contributed by atoms with E-state index in [0.717, 1.165) is 0 Å². The number of aliphatic hydroxyl groups excluding tert-OH is 1. The van der Waals surface area contributed by atoms with Crippen LogP contribution >= 0.6 is 0 Å². The number of nitriles is 1. The lowest BCUT2D eigenvalue weighted by Gasteiger charge is -2.08. The van der Waals surface area contributed by atoms with Crippen molar-refractivity contribution in [3.05, 3.63) is 18.1 Å². The molecule has 0 aliphatic carbocycles. The highest BCUT2D eigenvalue weighted by molar-refractivity contribution is 5.33. The minimum atomic E-state index is -0.382. The molecule has 0 radical (unpaired) electrons. The number of hydrogen-bond donors (Lipinski definition) is 2. The largest absolute Gasteiger partial charge is 0.391 e. The van der Waals surface area contributed by atoms with E-state index < -0.39 is 0 Å². The van der Waals surface area contributed by atoms with Gasteiger partial charge in [0.15, 0.2) is 5.69 Å². The third-order valence-electron chi connectivity index (χ3n) is 1.76. The first-order valence-electron chi connectivity index (χ1n) is 4.40. The summed E-state index contributed by atoms with van der Waals surface area (Å²) in [4.78, 5) is 7.78. The van der Waals surface area contributed by atoms with Gasteiger partial charge in [0.05, 0.1) is 18.5 Å². The van der Waals surface area contributed by atoms with Crippen LogP contribution in [0.25, 0.3) is 0 Å². The number of aliphatic hydroxyl groups is 1. The SMILES string of the molecule is CCC(O)CNc1cnc(C#N)cn1. The highest BCUT2D eigenvalue weighted by atomic mass is 16.3. The number of nitrogens with zero attached hydrogens (tertiary/aromatic N) is 3. The molecule has 0 aromatic carbocycles. The Bertz CT molecular complexity index is 317. The van der Waals surface area contributed by atoms with Gasteiger partial charge in [-0.05, 0) is 6.42 Å². The first kappa shape index (κ1) is 10.4. The van der Waals surface area contributed by atoms with Crippen molar-refractivity contribution in [3.8, 4) is 6.07 Å². The third-order valence-corrected chi connectivity index (χ3v) is 1.76. The fourth-order valence-electron chi connectivity index (χ4n) is 0.844. The number of rotatable bonds is 4. The van der Waals surface area contributed by atoms with Crippen LogP contribution in [0.5, 0.6) is 0 Å². The van der Waals surface area contributed by atoms with Crippen LogP contribution in [-0.4, -0.2) is 27.7 Å². The Kier molecular flexibility index (Phi) is 3.83. The molecule has 1 unspecified atom stereocenters. The van der Waals surface area contributed by atoms with Crippen molar-refractivity contribution in [2.24, 2.45) is 0 Å². The van der Waals surface area contributed by atoms with Gasteiger partial charge in [-0.1, -0.05) is 6.92 Å². The van der Waals surface area contributed by atoms with Crippen LogP contribution in [0.1, 0.15) is 19.0 Å². The minimum Gasteiger partial charge on any atom is -0.391 e. The molecular formula is C9H12N4O. The van der Waals surface area contributed by atoms with Crippen molar-refractivity contribution in [3.63, 3.8) is 0 Å². The monoisotopic (exact) mass is 192 g/mol. The molecule has 0 aliphatic heterocycles. The lowest BCUT2D eigenvalue weighted by Crippen LogP contribution is -2.18. The molecule has 5 heteroatoms. The molecule has 1 rings (SSSR count). The lowest BCUT2D eigenvalue weighted by molar-refractivity contribution is 0.183. The van der Waals surface area contributed by atoms with Crippen LogP contribution in [0.15, 0.2) is 12.4 Å². The molecular weight excluding hydrogens is 180 g/mol. The van der Waals surface area contributed by atoms with E-state index in [1.807, 2.05) is 13.0 Å². The molecule has 74 valence electrons. The Morgan fingerprint density at radius 2 is 2.36 bits per heavy atom. The summed E-state index contributed by atoms with van der Waals surface area (Å²) in [5.41, 5.74) is 0.284. The van der Waals surface area contributed by atoms with Gasteiger partial charge in [-0.25, -0.2) is 9.97 Å². The average Bonchev–Trinajstić information content (AvgIpc) is 2.26. The maximum atomic E-state index is 9.26. The van der Waals surface area contributed by atoms with Gasteiger partial charge in [0, 0.05) is 6.54 Å². The van der Waals surface area contributed by atoms with Gasteiger partial charge in [0.1, 0.15) is 11.9 Å². The number of aromatic nitrogens is 2. The van der Waals surface area contributed by atoms with Crippen molar-refractivity contribution in [2.75, 3.05) is 11.9 Å². The summed E-state index contributed by atoms with van der Waals surface area (Å²) in [6, 6.07) is 1.88. The van der Waals surface area contributed by atoms with Crippen molar-refractivity contribution in [1.82, 2.24) is 9.97 Å².